The largest absolute Gasteiger partial charge is 0.308 e. The molecule has 0 N–H and O–H groups in total. The van der Waals surface area contributed by atoms with Gasteiger partial charge in [-0.05, 0) is 48.5 Å². The maximum atomic E-state index is 12.1. The minimum absolute atomic E-state index is 0.0259. The summed E-state index contributed by atoms with van der Waals surface area (Å²) in [5.41, 5.74) is 0. The van der Waals surface area contributed by atoms with Crippen LogP contribution in [0.5, 0.6) is 0 Å². The van der Waals surface area contributed by atoms with E-state index in [0.29, 0.717) is 10.0 Å². The van der Waals surface area contributed by atoms with Crippen LogP contribution >= 0.6 is 58.1 Å². The molecule has 1 aromatic heterocycles. The number of nitrogens with zero attached hydrogens (tertiary/aromatic N) is 1. The Labute approximate surface area is 156 Å². The fourth-order valence-electron chi connectivity index (χ4n) is 1.81. The van der Waals surface area contributed by atoms with E-state index in [2.05, 4.69) is 0 Å². The van der Waals surface area contributed by atoms with Gasteiger partial charge in [-0.2, -0.15) is 0 Å². The molecule has 23 heavy (non-hydrogen) atoms. The predicted molar refractivity (Wildman–Crippen MR) is 101 cm³/mol. The van der Waals surface area contributed by atoms with Crippen molar-refractivity contribution in [2.75, 3.05) is 0 Å². The molecule has 0 aliphatic rings. The van der Waals surface area contributed by atoms with Gasteiger partial charge in [0, 0.05) is 26.9 Å². The van der Waals surface area contributed by atoms with Gasteiger partial charge in [0.2, 0.25) is 0 Å². The van der Waals surface area contributed by atoms with Crippen LogP contribution in [0.15, 0.2) is 72.4 Å². The summed E-state index contributed by atoms with van der Waals surface area (Å²) < 4.78 is 2.65. The highest BCUT2D eigenvalue weighted by Gasteiger charge is 2.15. The zero-order valence-corrected chi connectivity index (χ0v) is 15.9. The van der Waals surface area contributed by atoms with Crippen LogP contribution in [0.3, 0.4) is 0 Å². The molecule has 0 aliphatic heterocycles. The smallest absolute Gasteiger partial charge is 0.295 e. The number of benzene rings is 2. The summed E-state index contributed by atoms with van der Waals surface area (Å²) in [6, 6.07) is 15.2. The highest BCUT2D eigenvalue weighted by Crippen LogP contribution is 2.40. The molecule has 0 radical (unpaired) electrons. The van der Waals surface area contributed by atoms with Gasteiger partial charge in [-0.1, -0.05) is 58.1 Å². The normalized spacial score (nSPS) is 10.9. The maximum absolute atomic E-state index is 12.1. The minimum atomic E-state index is 0.0259. The van der Waals surface area contributed by atoms with Gasteiger partial charge in [0.15, 0.2) is 0 Å². The molecule has 0 amide bonds. The van der Waals surface area contributed by atoms with Gasteiger partial charge in [-0.25, -0.2) is 0 Å². The van der Waals surface area contributed by atoms with E-state index in [9.17, 15) is 4.79 Å². The van der Waals surface area contributed by atoms with Crippen molar-refractivity contribution in [3.63, 3.8) is 0 Å². The average Bonchev–Trinajstić information content (AvgIpc) is 2.79. The van der Waals surface area contributed by atoms with Gasteiger partial charge < -0.3 is 0 Å². The number of hydrogen-bond acceptors (Lipinski definition) is 4. The fraction of sp³-hybridized carbons (Fsp3) is 0.0625. The Kier molecular flexibility index (Phi) is 5.44. The summed E-state index contributed by atoms with van der Waals surface area (Å²) in [5, 5.41) is 2.33. The van der Waals surface area contributed by atoms with Crippen molar-refractivity contribution in [1.29, 1.82) is 0 Å². The molecule has 0 spiro atoms. The molecule has 7 heteroatoms. The summed E-state index contributed by atoms with van der Waals surface area (Å²) >= 11 is 16.2. The number of rotatable bonds is 4. The molecule has 1 heterocycles. The molecule has 0 fully saturated rings. The molecule has 118 valence electrons. The van der Waals surface area contributed by atoms with Crippen LogP contribution in [-0.4, -0.2) is 4.57 Å². The molecule has 3 aromatic rings. The van der Waals surface area contributed by atoms with Crippen LogP contribution in [0.2, 0.25) is 10.0 Å². The van der Waals surface area contributed by atoms with E-state index in [1.807, 2.05) is 48.5 Å². The van der Waals surface area contributed by atoms with E-state index in [0.717, 1.165) is 19.0 Å². The highest BCUT2D eigenvalue weighted by atomic mass is 35.5. The monoisotopic (exact) mass is 399 g/mol. The first kappa shape index (κ1) is 17.0. The lowest BCUT2D eigenvalue weighted by molar-refractivity contribution is 0.781. The van der Waals surface area contributed by atoms with Crippen LogP contribution in [0.25, 0.3) is 0 Å². The summed E-state index contributed by atoms with van der Waals surface area (Å²) in [7, 11) is 1.79. The molecular weight excluding hydrogens is 389 g/mol. The summed E-state index contributed by atoms with van der Waals surface area (Å²) in [5.74, 6) is 0. The van der Waals surface area contributed by atoms with Crippen LogP contribution in [0, 0.1) is 0 Å². The standard InChI is InChI=1S/C16H11Cl2NOS3/c1-19-14(21-12-6-2-10(17)3-7-12)15(23-16(19)20)22-13-8-4-11(18)5-9-13/h2-9H,1H3. The Morgan fingerprint density at radius 3 is 1.87 bits per heavy atom. The van der Waals surface area contributed by atoms with Crippen molar-refractivity contribution in [3.8, 4) is 0 Å². The lowest BCUT2D eigenvalue weighted by Gasteiger charge is -2.06. The lowest BCUT2D eigenvalue weighted by atomic mass is 10.4. The molecule has 0 aliphatic carbocycles. The average molecular weight is 400 g/mol. The van der Waals surface area contributed by atoms with Crippen LogP contribution < -0.4 is 4.87 Å². The topological polar surface area (TPSA) is 22.0 Å². The zero-order chi connectivity index (χ0) is 16.4. The molecule has 0 saturated carbocycles. The molecular formula is C16H11Cl2NOS3. The second kappa shape index (κ2) is 7.36. The molecule has 0 unspecified atom stereocenters. The van der Waals surface area contributed by atoms with E-state index < -0.39 is 0 Å². The first-order valence-corrected chi connectivity index (χ1v) is 9.80. The Morgan fingerprint density at radius 1 is 0.870 bits per heavy atom. The number of thiazole rings is 1. The van der Waals surface area contributed by atoms with Crippen molar-refractivity contribution in [1.82, 2.24) is 4.57 Å². The summed E-state index contributed by atoms with van der Waals surface area (Å²) in [6.07, 6.45) is 0. The van der Waals surface area contributed by atoms with Crippen molar-refractivity contribution in [2.24, 2.45) is 7.05 Å². The summed E-state index contributed by atoms with van der Waals surface area (Å²) in [6.45, 7) is 0. The van der Waals surface area contributed by atoms with E-state index in [-0.39, 0.29) is 4.87 Å². The first-order chi connectivity index (χ1) is 11.0. The van der Waals surface area contributed by atoms with Crippen LogP contribution in [-0.2, 0) is 7.05 Å². The van der Waals surface area contributed by atoms with E-state index in [1.54, 1.807) is 35.1 Å². The predicted octanol–water partition coefficient (Wildman–Crippen LogP) is 6.06. The molecule has 3 rings (SSSR count). The van der Waals surface area contributed by atoms with Crippen molar-refractivity contribution in [2.45, 2.75) is 19.0 Å². The van der Waals surface area contributed by atoms with Gasteiger partial charge in [-0.3, -0.25) is 9.36 Å². The third-order valence-electron chi connectivity index (χ3n) is 2.99. The fourth-order valence-corrected chi connectivity index (χ4v) is 5.41. The van der Waals surface area contributed by atoms with Gasteiger partial charge in [0.1, 0.15) is 9.24 Å². The lowest BCUT2D eigenvalue weighted by Crippen LogP contribution is -2.07. The Bertz CT molecular complexity index is 870. The Balaban J connectivity index is 1.91. The number of hydrogen-bond donors (Lipinski definition) is 0. The SMILES string of the molecule is Cn1c(Sc2ccc(Cl)cc2)c(Sc2ccc(Cl)cc2)sc1=O. The van der Waals surface area contributed by atoms with Gasteiger partial charge in [0.05, 0.1) is 0 Å². The van der Waals surface area contributed by atoms with E-state index in [1.165, 1.54) is 11.3 Å². The van der Waals surface area contributed by atoms with E-state index in [4.69, 9.17) is 23.2 Å². The summed E-state index contributed by atoms with van der Waals surface area (Å²) in [4.78, 5) is 14.2. The highest BCUT2D eigenvalue weighted by molar-refractivity contribution is 8.03. The second-order valence-electron chi connectivity index (χ2n) is 4.63. The Morgan fingerprint density at radius 2 is 1.35 bits per heavy atom. The number of halogens is 2. The first-order valence-electron chi connectivity index (χ1n) is 6.59. The van der Waals surface area contributed by atoms with Crippen molar-refractivity contribution >= 4 is 58.1 Å². The van der Waals surface area contributed by atoms with Gasteiger partial charge in [-0.15, -0.1) is 0 Å². The van der Waals surface area contributed by atoms with Crippen LogP contribution in [0.1, 0.15) is 0 Å². The van der Waals surface area contributed by atoms with Crippen LogP contribution in [0.4, 0.5) is 0 Å². The molecule has 2 nitrogen and oxygen atoms in total. The molecule has 2 aromatic carbocycles. The van der Waals surface area contributed by atoms with Crippen molar-refractivity contribution in [3.05, 3.63) is 68.2 Å². The van der Waals surface area contributed by atoms with E-state index >= 15 is 0 Å². The maximum Gasteiger partial charge on any atom is 0.308 e. The third-order valence-corrected chi connectivity index (χ3v) is 7.14. The molecule has 0 atom stereocenters. The molecule has 0 bridgehead atoms. The minimum Gasteiger partial charge on any atom is -0.295 e. The van der Waals surface area contributed by atoms with Gasteiger partial charge >= 0.3 is 4.87 Å². The third kappa shape index (κ3) is 4.17. The quantitative estimate of drug-likeness (QED) is 0.532. The van der Waals surface area contributed by atoms with Gasteiger partial charge in [0.25, 0.3) is 0 Å². The Hall–Kier alpha value is -0.850. The second-order valence-corrected chi connectivity index (χ2v) is 8.87. The molecule has 0 saturated heterocycles. The number of aromatic nitrogens is 1. The van der Waals surface area contributed by atoms with Crippen molar-refractivity contribution < 1.29 is 0 Å². The zero-order valence-electron chi connectivity index (χ0n) is 12.0.